The van der Waals surface area contributed by atoms with Crippen LogP contribution in [0.25, 0.3) is 0 Å². The van der Waals surface area contributed by atoms with Crippen LogP contribution in [0.4, 0.5) is 11.6 Å². The number of aromatic nitrogens is 2. The summed E-state index contributed by atoms with van der Waals surface area (Å²) in [6, 6.07) is 4.96. The monoisotopic (exact) mass is 467 g/mol. The van der Waals surface area contributed by atoms with E-state index in [0.29, 0.717) is 30.0 Å². The van der Waals surface area contributed by atoms with Crippen molar-refractivity contribution in [3.63, 3.8) is 0 Å². The number of rotatable bonds is 12. The van der Waals surface area contributed by atoms with E-state index in [1.165, 1.54) is 18.2 Å². The molecular formula is C20H24N6NaO6+. The zero-order chi connectivity index (χ0) is 23.5. The standard InChI is InChI=1S/C20H24N6O6.Na/c1-13-5-6-14(10-16(13)26(31)32)15(11-19(29)30)25-18(28)12-24-17(27)4-2-7-21-20-22-8-3-9-23-20;/h3,5-6,8-10,15H,2,4,7,11-12H2,1H3,(H,24,27)(H,25,28)(H,29,30)(H,21,22,23);/q;+1. The number of nitro groups is 1. The number of nitrogens with one attached hydrogen (secondary N) is 3. The Balaban J connectivity index is 0.00000544. The van der Waals surface area contributed by atoms with Crippen molar-refractivity contribution in [2.24, 2.45) is 0 Å². The number of carbonyl (C=O) groups excluding carboxylic acids is 2. The summed E-state index contributed by atoms with van der Waals surface area (Å²) >= 11 is 0. The van der Waals surface area contributed by atoms with E-state index in [1.807, 2.05) is 0 Å². The first-order valence-electron chi connectivity index (χ1n) is 9.80. The topological polar surface area (TPSA) is 176 Å². The van der Waals surface area contributed by atoms with E-state index < -0.39 is 29.3 Å². The van der Waals surface area contributed by atoms with Gasteiger partial charge in [-0.3, -0.25) is 24.5 Å². The average Bonchev–Trinajstić information content (AvgIpc) is 2.75. The summed E-state index contributed by atoms with van der Waals surface area (Å²) in [4.78, 5) is 53.9. The van der Waals surface area contributed by atoms with Crippen LogP contribution in [0, 0.1) is 17.0 Å². The first-order valence-corrected chi connectivity index (χ1v) is 9.80. The molecule has 0 aliphatic carbocycles. The van der Waals surface area contributed by atoms with Crippen molar-refractivity contribution < 1.29 is 54.0 Å². The largest absolute Gasteiger partial charge is 1.00 e. The minimum atomic E-state index is -1.18. The number of aryl methyl sites for hydroxylation is 1. The molecule has 2 rings (SSSR count). The molecule has 2 aromatic rings. The molecule has 1 aromatic heterocycles. The van der Waals surface area contributed by atoms with Crippen molar-refractivity contribution in [3.05, 3.63) is 57.9 Å². The average molecular weight is 467 g/mol. The molecule has 13 heteroatoms. The maximum Gasteiger partial charge on any atom is 1.00 e. The molecule has 1 unspecified atom stereocenters. The number of carboxylic acid groups (broad SMARTS) is 1. The van der Waals surface area contributed by atoms with E-state index in [2.05, 4.69) is 25.9 Å². The summed E-state index contributed by atoms with van der Waals surface area (Å²) in [5, 5.41) is 28.2. The zero-order valence-electron chi connectivity index (χ0n) is 18.4. The van der Waals surface area contributed by atoms with Gasteiger partial charge in [0.2, 0.25) is 17.8 Å². The predicted octanol–water partition coefficient (Wildman–Crippen LogP) is -1.66. The normalized spacial score (nSPS) is 10.9. The number of nitro benzene ring substituents is 1. The first-order chi connectivity index (χ1) is 15.3. The Morgan fingerprint density at radius 1 is 1.18 bits per heavy atom. The summed E-state index contributed by atoms with van der Waals surface area (Å²) in [6.45, 7) is 1.68. The number of amides is 2. The number of benzene rings is 1. The number of nitrogens with zero attached hydrogens (tertiary/aromatic N) is 3. The van der Waals surface area contributed by atoms with Gasteiger partial charge in [-0.15, -0.1) is 0 Å². The zero-order valence-corrected chi connectivity index (χ0v) is 20.4. The van der Waals surface area contributed by atoms with E-state index in [-0.39, 0.29) is 54.1 Å². The van der Waals surface area contributed by atoms with Crippen LogP contribution in [0.2, 0.25) is 0 Å². The molecule has 0 aliphatic rings. The van der Waals surface area contributed by atoms with Crippen molar-refractivity contribution in [1.82, 2.24) is 20.6 Å². The second-order valence-electron chi connectivity index (χ2n) is 6.90. The molecule has 0 aliphatic heterocycles. The summed E-state index contributed by atoms with van der Waals surface area (Å²) in [7, 11) is 0. The molecule has 1 aromatic carbocycles. The molecule has 1 atom stereocenters. The van der Waals surface area contributed by atoms with Crippen LogP contribution in [-0.4, -0.2) is 50.9 Å². The molecular weight excluding hydrogens is 443 g/mol. The van der Waals surface area contributed by atoms with Crippen LogP contribution >= 0.6 is 0 Å². The van der Waals surface area contributed by atoms with Crippen molar-refractivity contribution >= 4 is 29.4 Å². The Hall–Kier alpha value is -3.09. The molecule has 0 fully saturated rings. The van der Waals surface area contributed by atoms with Crippen molar-refractivity contribution in [3.8, 4) is 0 Å². The van der Waals surface area contributed by atoms with Crippen LogP contribution in [-0.2, 0) is 14.4 Å². The van der Waals surface area contributed by atoms with Crippen LogP contribution in [0.3, 0.4) is 0 Å². The maximum absolute atomic E-state index is 12.2. The Morgan fingerprint density at radius 2 is 1.88 bits per heavy atom. The van der Waals surface area contributed by atoms with E-state index in [9.17, 15) is 24.5 Å². The fraction of sp³-hybridized carbons (Fsp3) is 0.350. The van der Waals surface area contributed by atoms with Crippen molar-refractivity contribution in [2.45, 2.75) is 32.2 Å². The fourth-order valence-electron chi connectivity index (χ4n) is 2.82. The molecule has 0 bridgehead atoms. The van der Waals surface area contributed by atoms with E-state index in [0.717, 1.165) is 0 Å². The molecule has 1 heterocycles. The molecule has 33 heavy (non-hydrogen) atoms. The molecule has 4 N–H and O–H groups in total. The summed E-state index contributed by atoms with van der Waals surface area (Å²) in [6.07, 6.45) is 3.36. The molecule has 170 valence electrons. The van der Waals surface area contributed by atoms with E-state index in [1.54, 1.807) is 25.4 Å². The van der Waals surface area contributed by atoms with Crippen molar-refractivity contribution in [2.75, 3.05) is 18.4 Å². The molecule has 0 saturated heterocycles. The Morgan fingerprint density at radius 3 is 2.52 bits per heavy atom. The third kappa shape index (κ3) is 9.93. The minimum absolute atomic E-state index is 0. The van der Waals surface area contributed by atoms with Crippen molar-refractivity contribution in [1.29, 1.82) is 0 Å². The van der Waals surface area contributed by atoms with Gasteiger partial charge in [-0.2, -0.15) is 0 Å². The smallest absolute Gasteiger partial charge is 0.481 e. The van der Waals surface area contributed by atoms with Gasteiger partial charge >= 0.3 is 35.5 Å². The van der Waals surface area contributed by atoms with E-state index in [4.69, 9.17) is 5.11 Å². The maximum atomic E-state index is 12.2. The first kappa shape index (κ1) is 27.9. The number of hydrogen-bond acceptors (Lipinski definition) is 8. The Kier molecular flexibility index (Phi) is 12.0. The molecule has 0 spiro atoms. The van der Waals surface area contributed by atoms with Crippen LogP contribution in [0.5, 0.6) is 0 Å². The van der Waals surface area contributed by atoms with Crippen LogP contribution in [0.1, 0.15) is 36.4 Å². The van der Waals surface area contributed by atoms with Crippen LogP contribution in [0.15, 0.2) is 36.7 Å². The number of hydrogen-bond donors (Lipinski definition) is 4. The van der Waals surface area contributed by atoms with Gasteiger partial charge in [-0.1, -0.05) is 12.1 Å². The summed E-state index contributed by atoms with van der Waals surface area (Å²) in [5.41, 5.74) is 0.535. The van der Waals surface area contributed by atoms with Gasteiger partial charge in [0, 0.05) is 37.0 Å². The third-order valence-electron chi connectivity index (χ3n) is 4.42. The summed E-state index contributed by atoms with van der Waals surface area (Å²) in [5.74, 6) is -1.69. The van der Waals surface area contributed by atoms with Gasteiger partial charge in [0.25, 0.3) is 5.69 Å². The van der Waals surface area contributed by atoms with Crippen LogP contribution < -0.4 is 45.5 Å². The third-order valence-corrected chi connectivity index (χ3v) is 4.42. The molecule has 0 radical (unpaired) electrons. The second kappa shape index (κ2) is 14.1. The van der Waals surface area contributed by atoms with Gasteiger partial charge in [-0.05, 0) is 25.0 Å². The predicted molar refractivity (Wildman–Crippen MR) is 114 cm³/mol. The molecule has 12 nitrogen and oxygen atoms in total. The number of aliphatic carboxylic acids is 1. The van der Waals surface area contributed by atoms with Gasteiger partial charge in [0.1, 0.15) is 0 Å². The fourth-order valence-corrected chi connectivity index (χ4v) is 2.82. The summed E-state index contributed by atoms with van der Waals surface area (Å²) < 4.78 is 0. The number of anilines is 1. The number of carbonyl (C=O) groups is 3. The quantitative estimate of drug-likeness (QED) is 0.123. The number of carboxylic acids is 1. The SMILES string of the molecule is Cc1ccc(C(CC(=O)O)NC(=O)CNC(=O)CCCNc2ncccn2)cc1[N+](=O)[O-].[Na+]. The Labute approximate surface area is 212 Å². The van der Waals surface area contributed by atoms with E-state index >= 15 is 0 Å². The van der Waals surface area contributed by atoms with Gasteiger partial charge < -0.3 is 21.1 Å². The Bertz CT molecular complexity index is 975. The second-order valence-corrected chi connectivity index (χ2v) is 6.90. The van der Waals surface area contributed by atoms with Gasteiger partial charge in [0.05, 0.1) is 23.9 Å². The molecule has 0 saturated carbocycles. The minimum Gasteiger partial charge on any atom is -0.481 e. The molecule has 2 amide bonds. The van der Waals surface area contributed by atoms with Gasteiger partial charge in [-0.25, -0.2) is 9.97 Å². The van der Waals surface area contributed by atoms with Gasteiger partial charge in [0.15, 0.2) is 0 Å².